The number of aryl methyl sites for hydroxylation is 1. The second-order valence-corrected chi connectivity index (χ2v) is 6.85. The molecule has 0 aliphatic rings. The lowest BCUT2D eigenvalue weighted by atomic mass is 10.1. The third-order valence-corrected chi connectivity index (χ3v) is 3.41. The fraction of sp³-hybridized carbons (Fsp3) is 0.412. The summed E-state index contributed by atoms with van der Waals surface area (Å²) in [6.07, 6.45) is 0. The van der Waals surface area contributed by atoms with Crippen LogP contribution in [0, 0.1) is 17.0 Å². The van der Waals surface area contributed by atoms with Crippen LogP contribution in [0.2, 0.25) is 0 Å². The number of amides is 1. The number of carbonyl (C=O) groups excluding carboxylic acids is 1. The van der Waals surface area contributed by atoms with Gasteiger partial charge in [-0.3, -0.25) is 14.9 Å². The van der Waals surface area contributed by atoms with E-state index in [1.54, 1.807) is 32.0 Å². The fourth-order valence-corrected chi connectivity index (χ4v) is 2.40. The van der Waals surface area contributed by atoms with E-state index in [2.05, 4.69) is 15.6 Å². The molecular weight excluding hydrogens is 308 g/mol. The van der Waals surface area contributed by atoms with E-state index in [9.17, 15) is 14.9 Å². The van der Waals surface area contributed by atoms with Crippen molar-refractivity contribution >= 4 is 28.2 Å². The Hall–Kier alpha value is -2.70. The molecule has 0 radical (unpaired) electrons. The number of nitro benzene ring substituents is 1. The summed E-state index contributed by atoms with van der Waals surface area (Å²) in [7, 11) is 0. The molecule has 1 heterocycles. The minimum Gasteiger partial charge on any atom is -0.373 e. The number of aromatic nitrogens is 1. The number of rotatable bonds is 4. The average molecular weight is 330 g/mol. The maximum absolute atomic E-state index is 12.3. The van der Waals surface area contributed by atoms with E-state index in [1.807, 2.05) is 20.8 Å². The summed E-state index contributed by atoms with van der Waals surface area (Å²) in [5.74, 6) is -0.143. The summed E-state index contributed by atoms with van der Waals surface area (Å²) in [6, 6.07) is 6.09. The van der Waals surface area contributed by atoms with Gasteiger partial charge in [-0.05, 0) is 40.7 Å². The number of nitro groups is 1. The smallest absolute Gasteiger partial charge is 0.295 e. The zero-order valence-corrected chi connectivity index (χ0v) is 14.5. The van der Waals surface area contributed by atoms with E-state index < -0.39 is 11.0 Å². The van der Waals surface area contributed by atoms with Crippen molar-refractivity contribution in [1.29, 1.82) is 0 Å². The molecule has 1 atom stereocenters. The molecule has 0 saturated carbocycles. The Bertz CT molecular complexity index is 796. The van der Waals surface area contributed by atoms with E-state index in [1.165, 1.54) is 6.07 Å². The van der Waals surface area contributed by atoms with Crippen LogP contribution in [0.25, 0.3) is 10.9 Å². The first-order valence-electron chi connectivity index (χ1n) is 7.72. The Morgan fingerprint density at radius 2 is 2.00 bits per heavy atom. The highest BCUT2D eigenvalue weighted by Gasteiger charge is 2.21. The van der Waals surface area contributed by atoms with Gasteiger partial charge in [0, 0.05) is 28.4 Å². The molecule has 0 bridgehead atoms. The molecule has 2 rings (SSSR count). The number of non-ortho nitro benzene ring substituents is 1. The Balaban J connectivity index is 2.41. The van der Waals surface area contributed by atoms with Gasteiger partial charge < -0.3 is 10.6 Å². The van der Waals surface area contributed by atoms with Gasteiger partial charge in [0.1, 0.15) is 6.04 Å². The van der Waals surface area contributed by atoms with E-state index in [4.69, 9.17) is 0 Å². The second-order valence-electron chi connectivity index (χ2n) is 6.85. The van der Waals surface area contributed by atoms with Gasteiger partial charge in [0.25, 0.3) is 5.69 Å². The highest BCUT2D eigenvalue weighted by molar-refractivity contribution is 5.98. The minimum atomic E-state index is -0.492. The maximum Gasteiger partial charge on any atom is 0.295 e. The monoisotopic (exact) mass is 330 g/mol. The number of fused-ring (bicyclic) bond motifs is 1. The molecule has 0 aliphatic heterocycles. The molecule has 0 saturated heterocycles. The molecule has 0 aliphatic carbocycles. The molecule has 2 N–H and O–H groups in total. The summed E-state index contributed by atoms with van der Waals surface area (Å²) in [5, 5.41) is 17.9. The Morgan fingerprint density at radius 3 is 2.58 bits per heavy atom. The highest BCUT2D eigenvalue weighted by atomic mass is 16.6. The first-order valence-corrected chi connectivity index (χ1v) is 7.72. The van der Waals surface area contributed by atoms with Crippen molar-refractivity contribution < 1.29 is 9.72 Å². The van der Waals surface area contributed by atoms with Crippen molar-refractivity contribution in [2.75, 3.05) is 5.32 Å². The van der Waals surface area contributed by atoms with Crippen LogP contribution in [0.1, 0.15) is 33.4 Å². The lowest BCUT2D eigenvalue weighted by Crippen LogP contribution is -2.47. The number of nitrogens with zero attached hydrogens (tertiary/aromatic N) is 2. The van der Waals surface area contributed by atoms with E-state index >= 15 is 0 Å². The van der Waals surface area contributed by atoms with Crippen LogP contribution in [-0.4, -0.2) is 27.4 Å². The maximum atomic E-state index is 12.3. The topological polar surface area (TPSA) is 97.2 Å². The van der Waals surface area contributed by atoms with Crippen molar-refractivity contribution in [2.24, 2.45) is 0 Å². The lowest BCUT2D eigenvalue weighted by molar-refractivity contribution is -0.383. The van der Waals surface area contributed by atoms with Gasteiger partial charge >= 0.3 is 0 Å². The summed E-state index contributed by atoms with van der Waals surface area (Å²) >= 11 is 0. The van der Waals surface area contributed by atoms with E-state index in [0.29, 0.717) is 22.3 Å². The number of carbonyl (C=O) groups is 1. The Labute approximate surface area is 140 Å². The summed E-state index contributed by atoms with van der Waals surface area (Å²) in [4.78, 5) is 27.3. The number of pyridine rings is 1. The average Bonchev–Trinajstić information content (AvgIpc) is 2.44. The second kappa shape index (κ2) is 6.43. The van der Waals surface area contributed by atoms with Crippen LogP contribution in [0.3, 0.4) is 0 Å². The molecule has 128 valence electrons. The summed E-state index contributed by atoms with van der Waals surface area (Å²) < 4.78 is 0. The molecular formula is C17H22N4O3. The van der Waals surface area contributed by atoms with Crippen LogP contribution in [-0.2, 0) is 4.79 Å². The molecule has 1 unspecified atom stereocenters. The number of nitrogens with one attached hydrogen (secondary N) is 2. The molecule has 1 aromatic carbocycles. The third kappa shape index (κ3) is 3.98. The molecule has 1 aromatic heterocycles. The van der Waals surface area contributed by atoms with E-state index in [-0.39, 0.29) is 17.1 Å². The first kappa shape index (κ1) is 17.7. The van der Waals surface area contributed by atoms with Crippen molar-refractivity contribution in [1.82, 2.24) is 10.3 Å². The fourth-order valence-electron chi connectivity index (χ4n) is 2.40. The van der Waals surface area contributed by atoms with Crippen LogP contribution >= 0.6 is 0 Å². The van der Waals surface area contributed by atoms with E-state index in [0.717, 1.165) is 0 Å². The number of para-hydroxylation sites is 1. The molecule has 24 heavy (non-hydrogen) atoms. The van der Waals surface area contributed by atoms with Gasteiger partial charge in [-0.25, -0.2) is 4.98 Å². The Kier molecular flexibility index (Phi) is 4.73. The van der Waals surface area contributed by atoms with Crippen LogP contribution in [0.15, 0.2) is 24.3 Å². The van der Waals surface area contributed by atoms with Crippen molar-refractivity contribution in [3.05, 3.63) is 40.1 Å². The highest BCUT2D eigenvalue weighted by Crippen LogP contribution is 2.30. The number of hydrogen-bond acceptors (Lipinski definition) is 5. The molecule has 7 heteroatoms. The number of benzene rings is 1. The third-order valence-electron chi connectivity index (χ3n) is 3.41. The zero-order chi connectivity index (χ0) is 18.1. The van der Waals surface area contributed by atoms with Crippen molar-refractivity contribution in [3.63, 3.8) is 0 Å². The predicted molar refractivity (Wildman–Crippen MR) is 94.1 cm³/mol. The molecule has 1 amide bonds. The standard InChI is InChI=1S/C17H22N4O3/c1-10-9-13(19-11(2)16(22)20-17(3,4)5)12-7-6-8-14(21(23)24)15(12)18-10/h6-9,11H,1-5H3,(H,18,19)(H,20,22). The largest absolute Gasteiger partial charge is 0.373 e. The van der Waals surface area contributed by atoms with Crippen molar-refractivity contribution in [2.45, 2.75) is 46.2 Å². The molecule has 7 nitrogen and oxygen atoms in total. The Morgan fingerprint density at radius 1 is 1.33 bits per heavy atom. The number of hydrogen-bond donors (Lipinski definition) is 2. The van der Waals surface area contributed by atoms with Gasteiger partial charge in [0.2, 0.25) is 5.91 Å². The van der Waals surface area contributed by atoms with Crippen LogP contribution in [0.5, 0.6) is 0 Å². The number of anilines is 1. The minimum absolute atomic E-state index is 0.0500. The molecule has 0 fully saturated rings. The first-order chi connectivity index (χ1) is 11.1. The SMILES string of the molecule is Cc1cc(NC(C)C(=O)NC(C)(C)C)c2cccc([N+](=O)[O-])c2n1. The summed E-state index contributed by atoms with van der Waals surface area (Å²) in [6.45, 7) is 9.24. The quantitative estimate of drug-likeness (QED) is 0.663. The predicted octanol–water partition coefficient (Wildman–Crippen LogP) is 3.17. The van der Waals surface area contributed by atoms with Gasteiger partial charge in [0.05, 0.1) is 4.92 Å². The van der Waals surface area contributed by atoms with Gasteiger partial charge in [-0.15, -0.1) is 0 Å². The molecule has 2 aromatic rings. The van der Waals surface area contributed by atoms with Crippen LogP contribution in [0.4, 0.5) is 11.4 Å². The lowest BCUT2D eigenvalue weighted by Gasteiger charge is -2.24. The zero-order valence-electron chi connectivity index (χ0n) is 14.5. The van der Waals surface area contributed by atoms with Crippen molar-refractivity contribution in [3.8, 4) is 0 Å². The summed E-state index contributed by atoms with van der Waals surface area (Å²) in [5.41, 5.74) is 1.22. The molecule has 0 spiro atoms. The van der Waals surface area contributed by atoms with Gasteiger partial charge in [-0.2, -0.15) is 0 Å². The van der Waals surface area contributed by atoms with Crippen LogP contribution < -0.4 is 10.6 Å². The van der Waals surface area contributed by atoms with Gasteiger partial charge in [-0.1, -0.05) is 12.1 Å². The van der Waals surface area contributed by atoms with Gasteiger partial charge in [0.15, 0.2) is 5.52 Å². The normalized spacial score (nSPS) is 12.7.